The molecule has 0 bridgehead atoms. The second-order valence-electron chi connectivity index (χ2n) is 5.07. The Balaban J connectivity index is 2.17. The molecule has 0 fully saturated rings. The molecule has 0 saturated carbocycles. The number of ether oxygens (including phenoxy) is 2. The van der Waals surface area contributed by atoms with Gasteiger partial charge in [-0.25, -0.2) is 0 Å². The van der Waals surface area contributed by atoms with E-state index in [0.29, 0.717) is 23.2 Å². The van der Waals surface area contributed by atoms with Gasteiger partial charge in [-0.1, -0.05) is 26.0 Å². The number of aromatic hydroxyl groups is 1. The third-order valence-electron chi connectivity index (χ3n) is 3.21. The molecule has 0 heterocycles. The van der Waals surface area contributed by atoms with Crippen molar-refractivity contribution in [3.05, 3.63) is 42.0 Å². The Morgan fingerprint density at radius 3 is 1.95 bits per heavy atom. The monoisotopic (exact) mass is 320 g/mol. The SMILES string of the molecule is COc1cc(O)cc(OC)c1OSc1ccc(C(C)C)cc1. The van der Waals surface area contributed by atoms with Crippen molar-refractivity contribution in [3.8, 4) is 23.0 Å². The maximum Gasteiger partial charge on any atom is 0.221 e. The van der Waals surface area contributed by atoms with Gasteiger partial charge >= 0.3 is 0 Å². The Morgan fingerprint density at radius 2 is 1.50 bits per heavy atom. The van der Waals surface area contributed by atoms with E-state index in [4.69, 9.17) is 13.7 Å². The second kappa shape index (κ2) is 7.31. The fraction of sp³-hybridized carbons (Fsp3) is 0.294. The number of benzene rings is 2. The van der Waals surface area contributed by atoms with Crippen molar-refractivity contribution in [1.82, 2.24) is 0 Å². The van der Waals surface area contributed by atoms with Crippen LogP contribution in [0.5, 0.6) is 23.0 Å². The molecular formula is C17H20O4S. The second-order valence-corrected chi connectivity index (χ2v) is 5.87. The van der Waals surface area contributed by atoms with Crippen LogP contribution in [0.2, 0.25) is 0 Å². The van der Waals surface area contributed by atoms with Gasteiger partial charge in [0.2, 0.25) is 5.75 Å². The standard InChI is InChI=1S/C17H20O4S/c1-11(2)12-5-7-14(8-6-12)22-21-17-15(19-3)9-13(18)10-16(17)20-4/h5-11,18H,1-4H3. The minimum Gasteiger partial charge on any atom is -0.508 e. The first kappa shape index (κ1) is 16.4. The maximum absolute atomic E-state index is 9.63. The van der Waals surface area contributed by atoms with Crippen LogP contribution < -0.4 is 13.7 Å². The summed E-state index contributed by atoms with van der Waals surface area (Å²) in [6.07, 6.45) is 0. The van der Waals surface area contributed by atoms with Crippen molar-refractivity contribution >= 4 is 12.0 Å². The van der Waals surface area contributed by atoms with Crippen LogP contribution in [0.3, 0.4) is 0 Å². The van der Waals surface area contributed by atoms with Gasteiger partial charge < -0.3 is 18.8 Å². The van der Waals surface area contributed by atoms with E-state index in [0.717, 1.165) is 4.90 Å². The Kier molecular flexibility index (Phi) is 5.44. The van der Waals surface area contributed by atoms with Gasteiger partial charge in [-0.15, -0.1) is 0 Å². The molecule has 0 aliphatic heterocycles. The van der Waals surface area contributed by atoms with Gasteiger partial charge in [0.15, 0.2) is 11.5 Å². The van der Waals surface area contributed by atoms with E-state index in [2.05, 4.69) is 26.0 Å². The molecule has 2 aromatic rings. The first-order valence-corrected chi connectivity index (χ1v) is 7.68. The summed E-state index contributed by atoms with van der Waals surface area (Å²) in [5.41, 5.74) is 1.28. The summed E-state index contributed by atoms with van der Waals surface area (Å²) < 4.78 is 16.2. The third kappa shape index (κ3) is 3.80. The zero-order chi connectivity index (χ0) is 16.1. The van der Waals surface area contributed by atoms with Crippen LogP contribution in [0.25, 0.3) is 0 Å². The minimum atomic E-state index is 0.0623. The molecule has 0 unspecified atom stereocenters. The molecule has 0 aliphatic rings. The van der Waals surface area contributed by atoms with Crippen molar-refractivity contribution < 1.29 is 18.8 Å². The van der Waals surface area contributed by atoms with Crippen molar-refractivity contribution in [1.29, 1.82) is 0 Å². The van der Waals surface area contributed by atoms with Crippen LogP contribution in [0.1, 0.15) is 25.3 Å². The van der Waals surface area contributed by atoms with E-state index >= 15 is 0 Å². The number of hydrogen-bond acceptors (Lipinski definition) is 5. The van der Waals surface area contributed by atoms with Crippen LogP contribution in [0.4, 0.5) is 0 Å². The fourth-order valence-electron chi connectivity index (χ4n) is 1.95. The van der Waals surface area contributed by atoms with Crippen LogP contribution in [0.15, 0.2) is 41.3 Å². The van der Waals surface area contributed by atoms with Gasteiger partial charge in [-0.05, 0) is 23.6 Å². The Labute approximate surface area is 135 Å². The summed E-state index contributed by atoms with van der Waals surface area (Å²) in [6, 6.07) is 11.2. The summed E-state index contributed by atoms with van der Waals surface area (Å²) in [4.78, 5) is 0.974. The predicted octanol–water partition coefficient (Wildman–Crippen LogP) is 4.62. The number of phenols is 1. The molecular weight excluding hydrogens is 300 g/mol. The average molecular weight is 320 g/mol. The number of rotatable bonds is 6. The molecule has 0 atom stereocenters. The Hall–Kier alpha value is -2.01. The number of methoxy groups -OCH3 is 2. The highest BCUT2D eigenvalue weighted by molar-refractivity contribution is 7.95. The molecule has 0 amide bonds. The minimum absolute atomic E-state index is 0.0623. The quantitative estimate of drug-likeness (QED) is 0.787. The smallest absolute Gasteiger partial charge is 0.221 e. The van der Waals surface area contributed by atoms with E-state index in [-0.39, 0.29) is 5.75 Å². The van der Waals surface area contributed by atoms with Gasteiger partial charge in [0.1, 0.15) is 5.75 Å². The molecule has 0 spiro atoms. The molecule has 5 heteroatoms. The molecule has 22 heavy (non-hydrogen) atoms. The van der Waals surface area contributed by atoms with Crippen LogP contribution in [0, 0.1) is 0 Å². The van der Waals surface area contributed by atoms with E-state index in [1.807, 2.05) is 12.1 Å². The summed E-state index contributed by atoms with van der Waals surface area (Å²) >= 11 is 1.22. The molecule has 0 aliphatic carbocycles. The van der Waals surface area contributed by atoms with Crippen molar-refractivity contribution in [2.75, 3.05) is 14.2 Å². The lowest BCUT2D eigenvalue weighted by Crippen LogP contribution is -1.94. The molecule has 0 aromatic heterocycles. The van der Waals surface area contributed by atoms with Crippen LogP contribution >= 0.6 is 12.0 Å². The van der Waals surface area contributed by atoms with E-state index < -0.39 is 0 Å². The van der Waals surface area contributed by atoms with Crippen molar-refractivity contribution in [2.45, 2.75) is 24.7 Å². The topological polar surface area (TPSA) is 47.9 Å². The van der Waals surface area contributed by atoms with Gasteiger partial charge in [0.05, 0.1) is 26.3 Å². The summed E-state index contributed by atoms with van der Waals surface area (Å²) in [7, 11) is 3.03. The molecule has 0 saturated heterocycles. The van der Waals surface area contributed by atoms with Crippen LogP contribution in [-0.2, 0) is 0 Å². The number of phenolic OH excluding ortho intramolecular Hbond substituents is 1. The summed E-state index contributed by atoms with van der Waals surface area (Å²) in [6.45, 7) is 4.32. The largest absolute Gasteiger partial charge is 0.508 e. The lowest BCUT2D eigenvalue weighted by molar-refractivity contribution is 0.363. The number of hydrogen-bond donors (Lipinski definition) is 1. The fourth-order valence-corrected chi connectivity index (χ4v) is 2.54. The molecule has 118 valence electrons. The van der Waals surface area contributed by atoms with Gasteiger partial charge in [-0.2, -0.15) is 0 Å². The lowest BCUT2D eigenvalue weighted by atomic mass is 10.0. The van der Waals surface area contributed by atoms with E-state index in [1.54, 1.807) is 0 Å². The van der Waals surface area contributed by atoms with Crippen molar-refractivity contribution in [2.24, 2.45) is 0 Å². The predicted molar refractivity (Wildman–Crippen MR) is 88.2 cm³/mol. The van der Waals surface area contributed by atoms with Crippen molar-refractivity contribution in [3.63, 3.8) is 0 Å². The van der Waals surface area contributed by atoms with Gasteiger partial charge in [0.25, 0.3) is 0 Å². The zero-order valence-corrected chi connectivity index (χ0v) is 13.9. The summed E-state index contributed by atoms with van der Waals surface area (Å²) in [5, 5.41) is 9.63. The lowest BCUT2D eigenvalue weighted by Gasteiger charge is -2.13. The molecule has 1 N–H and O–H groups in total. The van der Waals surface area contributed by atoms with Crippen LogP contribution in [-0.4, -0.2) is 19.3 Å². The Bertz CT molecular complexity index is 598. The van der Waals surface area contributed by atoms with Gasteiger partial charge in [-0.3, -0.25) is 0 Å². The zero-order valence-electron chi connectivity index (χ0n) is 13.1. The highest BCUT2D eigenvalue weighted by Gasteiger charge is 2.15. The average Bonchev–Trinajstić information content (AvgIpc) is 2.53. The van der Waals surface area contributed by atoms with E-state index in [9.17, 15) is 5.11 Å². The highest BCUT2D eigenvalue weighted by atomic mass is 32.2. The van der Waals surface area contributed by atoms with Gasteiger partial charge in [0, 0.05) is 17.0 Å². The molecule has 4 nitrogen and oxygen atoms in total. The first-order chi connectivity index (χ1) is 10.5. The molecule has 2 rings (SSSR count). The highest BCUT2D eigenvalue weighted by Crippen LogP contribution is 2.43. The Morgan fingerprint density at radius 1 is 0.955 bits per heavy atom. The first-order valence-electron chi connectivity index (χ1n) is 6.94. The van der Waals surface area contributed by atoms with E-state index in [1.165, 1.54) is 44.0 Å². The third-order valence-corrected chi connectivity index (χ3v) is 3.93. The maximum atomic E-state index is 9.63. The normalized spacial score (nSPS) is 10.6. The molecule has 2 aromatic carbocycles. The molecule has 0 radical (unpaired) electrons. The summed E-state index contributed by atoms with van der Waals surface area (Å²) in [5.74, 6) is 1.84.